The van der Waals surface area contributed by atoms with Crippen molar-refractivity contribution < 1.29 is 9.90 Å². The lowest BCUT2D eigenvalue weighted by Gasteiger charge is -2.33. The number of carbonyl (C=O) groups is 1. The van der Waals surface area contributed by atoms with E-state index in [-0.39, 0.29) is 0 Å². The summed E-state index contributed by atoms with van der Waals surface area (Å²) in [5.74, 6) is 1.30. The molecular weight excluding hydrogens is 212 g/mol. The van der Waals surface area contributed by atoms with E-state index in [9.17, 15) is 4.79 Å². The molecule has 1 aliphatic rings. The highest BCUT2D eigenvalue weighted by Crippen LogP contribution is 2.39. The molecule has 0 radical (unpaired) electrons. The van der Waals surface area contributed by atoms with Crippen LogP contribution in [0, 0.1) is 11.8 Å². The zero-order chi connectivity index (χ0) is 12.4. The first-order valence-corrected chi connectivity index (χ1v) is 6.41. The minimum atomic E-state index is -0.845. The Balaban J connectivity index is 2.14. The molecule has 0 heterocycles. The van der Waals surface area contributed by atoms with Crippen LogP contribution in [0.5, 0.6) is 0 Å². The maximum Gasteiger partial charge on any atom is 0.335 e. The van der Waals surface area contributed by atoms with Crippen molar-refractivity contribution in [3.8, 4) is 0 Å². The summed E-state index contributed by atoms with van der Waals surface area (Å²) in [4.78, 5) is 10.8. The zero-order valence-corrected chi connectivity index (χ0v) is 10.5. The lowest BCUT2D eigenvalue weighted by atomic mass is 9.72. The maximum atomic E-state index is 10.8. The van der Waals surface area contributed by atoms with Gasteiger partial charge in [-0.05, 0) is 48.3 Å². The lowest BCUT2D eigenvalue weighted by Crippen LogP contribution is -2.19. The van der Waals surface area contributed by atoms with Crippen molar-refractivity contribution in [2.45, 2.75) is 39.0 Å². The van der Waals surface area contributed by atoms with E-state index in [1.54, 1.807) is 12.1 Å². The lowest BCUT2D eigenvalue weighted by molar-refractivity contribution is 0.0697. The minimum absolute atomic E-state index is 0.380. The monoisotopic (exact) mass is 232 g/mol. The van der Waals surface area contributed by atoms with Gasteiger partial charge in [-0.1, -0.05) is 32.4 Å². The summed E-state index contributed by atoms with van der Waals surface area (Å²) in [5, 5.41) is 8.87. The second kappa shape index (κ2) is 4.91. The van der Waals surface area contributed by atoms with Crippen molar-refractivity contribution in [2.75, 3.05) is 0 Å². The quantitative estimate of drug-likeness (QED) is 0.839. The normalized spacial score (nSPS) is 28.9. The van der Waals surface area contributed by atoms with E-state index in [1.807, 2.05) is 12.1 Å². The van der Waals surface area contributed by atoms with Gasteiger partial charge in [-0.15, -0.1) is 0 Å². The van der Waals surface area contributed by atoms with Crippen molar-refractivity contribution in [3.05, 3.63) is 35.4 Å². The van der Waals surface area contributed by atoms with E-state index in [1.165, 1.54) is 24.8 Å². The van der Waals surface area contributed by atoms with Crippen LogP contribution in [0.4, 0.5) is 0 Å². The highest BCUT2D eigenvalue weighted by atomic mass is 16.4. The van der Waals surface area contributed by atoms with Crippen LogP contribution < -0.4 is 0 Å². The summed E-state index contributed by atoms with van der Waals surface area (Å²) in [5.41, 5.74) is 1.68. The van der Waals surface area contributed by atoms with E-state index in [4.69, 9.17) is 5.11 Å². The molecule has 0 aromatic heterocycles. The summed E-state index contributed by atoms with van der Waals surface area (Å²) < 4.78 is 0. The first-order chi connectivity index (χ1) is 8.08. The molecule has 1 aliphatic carbocycles. The Morgan fingerprint density at radius 3 is 2.35 bits per heavy atom. The Hall–Kier alpha value is -1.31. The summed E-state index contributed by atoms with van der Waals surface area (Å²) >= 11 is 0. The van der Waals surface area contributed by atoms with Gasteiger partial charge >= 0.3 is 5.97 Å². The third-order valence-corrected chi connectivity index (χ3v) is 4.02. The molecule has 1 aromatic rings. The highest BCUT2D eigenvalue weighted by molar-refractivity contribution is 5.87. The van der Waals surface area contributed by atoms with Crippen molar-refractivity contribution in [1.29, 1.82) is 0 Å². The molecule has 1 N–H and O–H groups in total. The highest BCUT2D eigenvalue weighted by Gasteiger charge is 2.26. The predicted octanol–water partition coefficient (Wildman–Crippen LogP) is 3.92. The van der Waals surface area contributed by atoms with Gasteiger partial charge in [0.1, 0.15) is 0 Å². The third kappa shape index (κ3) is 2.68. The molecule has 0 bridgehead atoms. The average Bonchev–Trinajstić information content (AvgIpc) is 2.29. The Morgan fingerprint density at radius 2 is 1.82 bits per heavy atom. The topological polar surface area (TPSA) is 37.3 Å². The van der Waals surface area contributed by atoms with Crippen LogP contribution >= 0.6 is 0 Å². The number of hydrogen-bond acceptors (Lipinski definition) is 1. The molecule has 2 rings (SSSR count). The standard InChI is InChI=1S/C15H20O2/c1-10-3-8-14(11(2)9-10)12-4-6-13(7-5-12)15(16)17/h4-7,10-11,14H,3,8-9H2,1-2H3,(H,16,17). The Bertz CT molecular complexity index is 394. The summed E-state index contributed by atoms with van der Waals surface area (Å²) in [6.45, 7) is 4.63. The zero-order valence-electron chi connectivity index (χ0n) is 10.5. The summed E-state index contributed by atoms with van der Waals surface area (Å²) in [6, 6.07) is 7.42. The number of carboxylic acid groups (broad SMARTS) is 1. The summed E-state index contributed by atoms with van der Waals surface area (Å²) in [7, 11) is 0. The molecule has 1 saturated carbocycles. The van der Waals surface area contributed by atoms with Crippen molar-refractivity contribution >= 4 is 5.97 Å². The van der Waals surface area contributed by atoms with E-state index in [2.05, 4.69) is 13.8 Å². The van der Waals surface area contributed by atoms with E-state index < -0.39 is 5.97 Å². The van der Waals surface area contributed by atoms with Crippen molar-refractivity contribution in [3.63, 3.8) is 0 Å². The molecule has 0 saturated heterocycles. The van der Waals surface area contributed by atoms with Crippen LogP contribution in [0.1, 0.15) is 54.9 Å². The van der Waals surface area contributed by atoms with Crippen LogP contribution in [-0.4, -0.2) is 11.1 Å². The molecule has 1 aromatic carbocycles. The number of hydrogen-bond donors (Lipinski definition) is 1. The van der Waals surface area contributed by atoms with Crippen LogP contribution in [0.3, 0.4) is 0 Å². The third-order valence-electron chi connectivity index (χ3n) is 4.02. The molecule has 92 valence electrons. The van der Waals surface area contributed by atoms with Gasteiger partial charge in [0.05, 0.1) is 5.56 Å². The molecule has 3 atom stereocenters. The molecule has 2 nitrogen and oxygen atoms in total. The Labute approximate surface area is 103 Å². The first kappa shape index (κ1) is 12.2. The second-order valence-corrected chi connectivity index (χ2v) is 5.43. The fraction of sp³-hybridized carbons (Fsp3) is 0.533. The molecule has 3 unspecified atom stereocenters. The summed E-state index contributed by atoms with van der Waals surface area (Å²) in [6.07, 6.45) is 3.80. The number of aromatic carboxylic acids is 1. The maximum absolute atomic E-state index is 10.8. The molecule has 17 heavy (non-hydrogen) atoms. The van der Waals surface area contributed by atoms with Crippen LogP contribution in [0.25, 0.3) is 0 Å². The van der Waals surface area contributed by atoms with Gasteiger partial charge in [-0.3, -0.25) is 0 Å². The van der Waals surface area contributed by atoms with Gasteiger partial charge in [0.15, 0.2) is 0 Å². The van der Waals surface area contributed by atoms with Gasteiger partial charge < -0.3 is 5.11 Å². The SMILES string of the molecule is CC1CCC(c2ccc(C(=O)O)cc2)C(C)C1. The van der Waals surface area contributed by atoms with Gasteiger partial charge in [0, 0.05) is 0 Å². The van der Waals surface area contributed by atoms with E-state index in [0.29, 0.717) is 17.4 Å². The molecule has 0 aliphatic heterocycles. The average molecular weight is 232 g/mol. The van der Waals surface area contributed by atoms with Crippen LogP contribution in [0.15, 0.2) is 24.3 Å². The van der Waals surface area contributed by atoms with Gasteiger partial charge in [-0.25, -0.2) is 4.79 Å². The number of benzene rings is 1. The molecule has 2 heteroatoms. The van der Waals surface area contributed by atoms with E-state index >= 15 is 0 Å². The fourth-order valence-electron chi connectivity index (χ4n) is 3.03. The second-order valence-electron chi connectivity index (χ2n) is 5.43. The van der Waals surface area contributed by atoms with Crippen LogP contribution in [0.2, 0.25) is 0 Å². The molecule has 1 fully saturated rings. The van der Waals surface area contributed by atoms with Crippen molar-refractivity contribution in [1.82, 2.24) is 0 Å². The van der Waals surface area contributed by atoms with Gasteiger partial charge in [0.2, 0.25) is 0 Å². The Morgan fingerprint density at radius 1 is 1.18 bits per heavy atom. The van der Waals surface area contributed by atoms with Gasteiger partial charge in [0.25, 0.3) is 0 Å². The van der Waals surface area contributed by atoms with Gasteiger partial charge in [-0.2, -0.15) is 0 Å². The number of carboxylic acids is 1. The molecular formula is C15H20O2. The number of rotatable bonds is 2. The first-order valence-electron chi connectivity index (χ1n) is 6.41. The van der Waals surface area contributed by atoms with E-state index in [0.717, 1.165) is 5.92 Å². The predicted molar refractivity (Wildman–Crippen MR) is 68.3 cm³/mol. The molecule has 0 spiro atoms. The fourth-order valence-corrected chi connectivity index (χ4v) is 3.03. The van der Waals surface area contributed by atoms with Crippen molar-refractivity contribution in [2.24, 2.45) is 11.8 Å². The largest absolute Gasteiger partial charge is 0.478 e. The Kier molecular flexibility index (Phi) is 3.51. The molecule has 0 amide bonds. The smallest absolute Gasteiger partial charge is 0.335 e. The van der Waals surface area contributed by atoms with Crippen LogP contribution in [-0.2, 0) is 0 Å². The minimum Gasteiger partial charge on any atom is -0.478 e.